The number of benzene rings is 1. The second-order valence-corrected chi connectivity index (χ2v) is 4.67. The van der Waals surface area contributed by atoms with Gasteiger partial charge in [-0.25, -0.2) is 0 Å². The smallest absolute Gasteiger partial charge is 0.146 e. The Morgan fingerprint density at radius 3 is 2.71 bits per heavy atom. The number of hydrogen-bond acceptors (Lipinski definition) is 2. The molecule has 0 fully saturated rings. The van der Waals surface area contributed by atoms with Crippen molar-refractivity contribution < 1.29 is 4.74 Å². The van der Waals surface area contributed by atoms with Crippen molar-refractivity contribution in [1.29, 1.82) is 0 Å². The molecule has 0 bridgehead atoms. The van der Waals surface area contributed by atoms with Gasteiger partial charge in [-0.2, -0.15) is 0 Å². The highest BCUT2D eigenvalue weighted by molar-refractivity contribution is 5.63. The molecule has 1 aliphatic rings. The van der Waals surface area contributed by atoms with Crippen molar-refractivity contribution in [3.63, 3.8) is 0 Å². The summed E-state index contributed by atoms with van der Waals surface area (Å²) in [4.78, 5) is 0. The Balaban J connectivity index is 2.47. The zero-order valence-corrected chi connectivity index (χ0v) is 9.27. The molecule has 0 atom stereocenters. The van der Waals surface area contributed by atoms with E-state index in [1.165, 1.54) is 11.1 Å². The van der Waals surface area contributed by atoms with Gasteiger partial charge in [0.2, 0.25) is 0 Å². The second-order valence-electron chi connectivity index (χ2n) is 4.67. The molecule has 14 heavy (non-hydrogen) atoms. The predicted octanol–water partition coefficient (Wildman–Crippen LogP) is 2.89. The first-order valence-electron chi connectivity index (χ1n) is 5.02. The lowest BCUT2D eigenvalue weighted by Crippen LogP contribution is -2.40. The summed E-state index contributed by atoms with van der Waals surface area (Å²) in [6.45, 7) is 9.26. The fraction of sp³-hybridized carbons (Fsp3) is 0.500. The Labute approximate surface area is 85.3 Å². The summed E-state index contributed by atoms with van der Waals surface area (Å²) in [6, 6.07) is 4.29. The van der Waals surface area contributed by atoms with Gasteiger partial charge < -0.3 is 10.1 Å². The lowest BCUT2D eigenvalue weighted by atomic mass is 10.0. The van der Waals surface area contributed by atoms with Crippen LogP contribution >= 0.6 is 0 Å². The van der Waals surface area contributed by atoms with Gasteiger partial charge in [0.05, 0.1) is 12.2 Å². The van der Waals surface area contributed by atoms with Gasteiger partial charge in [-0.1, -0.05) is 6.07 Å². The molecule has 0 saturated carbocycles. The van der Waals surface area contributed by atoms with Gasteiger partial charge in [0.25, 0.3) is 0 Å². The number of hydrogen-bond donors (Lipinski definition) is 1. The molecule has 0 unspecified atom stereocenters. The van der Waals surface area contributed by atoms with Gasteiger partial charge in [0.1, 0.15) is 11.4 Å². The van der Waals surface area contributed by atoms with Gasteiger partial charge in [-0.15, -0.1) is 0 Å². The largest absolute Gasteiger partial charge is 0.484 e. The summed E-state index contributed by atoms with van der Waals surface area (Å²) < 4.78 is 5.94. The van der Waals surface area contributed by atoms with Gasteiger partial charge in [0.15, 0.2) is 0 Å². The van der Waals surface area contributed by atoms with E-state index in [2.05, 4.69) is 45.1 Å². The maximum atomic E-state index is 5.94. The summed E-state index contributed by atoms with van der Waals surface area (Å²) in [6.07, 6.45) is 0. The van der Waals surface area contributed by atoms with E-state index in [9.17, 15) is 0 Å². The van der Waals surface area contributed by atoms with Crippen LogP contribution in [0.2, 0.25) is 0 Å². The minimum atomic E-state index is -0.104. The number of rotatable bonds is 0. The Morgan fingerprint density at radius 2 is 2.00 bits per heavy atom. The number of ether oxygens (including phenoxy) is 1. The van der Waals surface area contributed by atoms with Gasteiger partial charge >= 0.3 is 0 Å². The van der Waals surface area contributed by atoms with E-state index in [1.807, 2.05) is 0 Å². The molecule has 1 aromatic rings. The van der Waals surface area contributed by atoms with Crippen LogP contribution in [0.3, 0.4) is 0 Å². The third-order valence-corrected chi connectivity index (χ3v) is 2.50. The minimum Gasteiger partial charge on any atom is -0.484 e. The number of anilines is 1. The van der Waals surface area contributed by atoms with Crippen molar-refractivity contribution in [3.8, 4) is 5.75 Å². The molecular weight excluding hydrogens is 174 g/mol. The summed E-state index contributed by atoms with van der Waals surface area (Å²) in [5.74, 6) is 1.01. The van der Waals surface area contributed by atoms with Crippen LogP contribution in [0.15, 0.2) is 12.1 Å². The molecule has 1 heterocycles. The average Bonchev–Trinajstić information content (AvgIpc) is 2.06. The summed E-state index contributed by atoms with van der Waals surface area (Å²) in [5, 5.41) is 3.41. The Kier molecular flexibility index (Phi) is 1.95. The third-order valence-electron chi connectivity index (χ3n) is 2.50. The van der Waals surface area contributed by atoms with Crippen LogP contribution in [-0.2, 0) is 0 Å². The Morgan fingerprint density at radius 1 is 1.29 bits per heavy atom. The summed E-state index contributed by atoms with van der Waals surface area (Å²) in [7, 11) is 0. The molecule has 0 aliphatic carbocycles. The second kappa shape index (κ2) is 2.91. The molecule has 2 heteroatoms. The van der Waals surface area contributed by atoms with Gasteiger partial charge in [-0.3, -0.25) is 0 Å². The molecule has 0 amide bonds. The zero-order chi connectivity index (χ0) is 10.3. The first-order chi connectivity index (χ1) is 6.48. The predicted molar refractivity (Wildman–Crippen MR) is 59.1 cm³/mol. The normalized spacial score (nSPS) is 18.0. The van der Waals surface area contributed by atoms with E-state index in [1.54, 1.807) is 0 Å². The quantitative estimate of drug-likeness (QED) is 0.680. The Hall–Kier alpha value is -1.18. The highest BCUT2D eigenvalue weighted by Crippen LogP contribution is 2.36. The number of aryl methyl sites for hydroxylation is 2. The fourth-order valence-corrected chi connectivity index (χ4v) is 1.84. The molecule has 0 aromatic heterocycles. The molecule has 2 nitrogen and oxygen atoms in total. The number of nitrogens with one attached hydrogen (secondary N) is 1. The van der Waals surface area contributed by atoms with Crippen molar-refractivity contribution in [3.05, 3.63) is 23.3 Å². The molecule has 2 rings (SSSR count). The maximum absolute atomic E-state index is 5.94. The van der Waals surface area contributed by atoms with Crippen LogP contribution in [0.1, 0.15) is 25.0 Å². The van der Waals surface area contributed by atoms with Crippen LogP contribution in [0, 0.1) is 13.8 Å². The minimum absolute atomic E-state index is 0.104. The van der Waals surface area contributed by atoms with Crippen LogP contribution in [0.5, 0.6) is 5.75 Å². The van der Waals surface area contributed by atoms with Crippen LogP contribution in [0.25, 0.3) is 0 Å². The van der Waals surface area contributed by atoms with E-state index < -0.39 is 0 Å². The van der Waals surface area contributed by atoms with Crippen LogP contribution < -0.4 is 10.1 Å². The van der Waals surface area contributed by atoms with Gasteiger partial charge in [0, 0.05) is 0 Å². The average molecular weight is 191 g/mol. The molecule has 1 aromatic carbocycles. The SMILES string of the molecule is Cc1cc(C)c2c(c1)NCC(C)(C)O2. The zero-order valence-electron chi connectivity index (χ0n) is 9.27. The lowest BCUT2D eigenvalue weighted by Gasteiger charge is -2.34. The molecule has 0 saturated heterocycles. The lowest BCUT2D eigenvalue weighted by molar-refractivity contribution is 0.115. The van der Waals surface area contributed by atoms with Crippen LogP contribution in [0.4, 0.5) is 5.69 Å². The number of fused-ring (bicyclic) bond motifs is 1. The van der Waals surface area contributed by atoms with Crippen molar-refractivity contribution in [2.24, 2.45) is 0 Å². The monoisotopic (exact) mass is 191 g/mol. The molecule has 0 spiro atoms. The summed E-state index contributed by atoms with van der Waals surface area (Å²) in [5.41, 5.74) is 3.51. The van der Waals surface area contributed by atoms with E-state index in [4.69, 9.17) is 4.74 Å². The van der Waals surface area contributed by atoms with E-state index in [0.717, 1.165) is 18.0 Å². The molecule has 76 valence electrons. The molecule has 0 radical (unpaired) electrons. The molecule has 1 N–H and O–H groups in total. The van der Waals surface area contributed by atoms with E-state index >= 15 is 0 Å². The molecule has 1 aliphatic heterocycles. The molecular formula is C12H17NO. The first kappa shape index (κ1) is 9.38. The van der Waals surface area contributed by atoms with Gasteiger partial charge in [-0.05, 0) is 44.9 Å². The first-order valence-corrected chi connectivity index (χ1v) is 5.02. The third kappa shape index (κ3) is 1.57. The van der Waals surface area contributed by atoms with Crippen molar-refractivity contribution in [2.45, 2.75) is 33.3 Å². The van der Waals surface area contributed by atoms with E-state index in [-0.39, 0.29) is 5.60 Å². The van der Waals surface area contributed by atoms with Crippen LogP contribution in [-0.4, -0.2) is 12.1 Å². The van der Waals surface area contributed by atoms with E-state index in [0.29, 0.717) is 0 Å². The van der Waals surface area contributed by atoms with Crippen molar-refractivity contribution in [2.75, 3.05) is 11.9 Å². The van der Waals surface area contributed by atoms with Crippen molar-refractivity contribution >= 4 is 5.69 Å². The fourth-order valence-electron chi connectivity index (χ4n) is 1.84. The topological polar surface area (TPSA) is 21.3 Å². The summed E-state index contributed by atoms with van der Waals surface area (Å²) >= 11 is 0. The Bertz CT molecular complexity index is 369. The highest BCUT2D eigenvalue weighted by atomic mass is 16.5. The van der Waals surface area contributed by atoms with Crippen molar-refractivity contribution in [1.82, 2.24) is 0 Å². The standard InChI is InChI=1S/C12H17NO/c1-8-5-9(2)11-10(6-8)13-7-12(3,4)14-11/h5-6,13H,7H2,1-4H3. The highest BCUT2D eigenvalue weighted by Gasteiger charge is 2.27. The maximum Gasteiger partial charge on any atom is 0.146 e.